The molecule has 0 aliphatic rings. The van der Waals surface area contributed by atoms with Crippen molar-refractivity contribution in [1.29, 1.82) is 0 Å². The van der Waals surface area contributed by atoms with Crippen LogP contribution in [-0.4, -0.2) is 24.5 Å². The van der Waals surface area contributed by atoms with Gasteiger partial charge in [0, 0.05) is 13.6 Å². The number of thiazole rings is 1. The molecule has 2 N–H and O–H groups in total. The third kappa shape index (κ3) is 3.54. The number of benzene rings is 1. The Kier molecular flexibility index (Phi) is 4.68. The van der Waals surface area contributed by atoms with Crippen molar-refractivity contribution < 1.29 is 9.18 Å². The number of halogens is 1. The summed E-state index contributed by atoms with van der Waals surface area (Å²) >= 11 is 1.33. The van der Waals surface area contributed by atoms with Crippen LogP contribution in [0, 0.1) is 12.7 Å². The SMILES string of the molecule is CNc1nc(C)c(C(=O)NCCc2ccc(F)cc2)s1. The molecule has 0 radical (unpaired) electrons. The van der Waals surface area contributed by atoms with E-state index < -0.39 is 0 Å². The van der Waals surface area contributed by atoms with E-state index in [1.54, 1.807) is 19.2 Å². The number of nitrogens with one attached hydrogen (secondary N) is 2. The Morgan fingerprint density at radius 2 is 2.05 bits per heavy atom. The highest BCUT2D eigenvalue weighted by atomic mass is 32.1. The van der Waals surface area contributed by atoms with E-state index in [9.17, 15) is 9.18 Å². The minimum atomic E-state index is -0.252. The van der Waals surface area contributed by atoms with Gasteiger partial charge in [-0.3, -0.25) is 4.79 Å². The molecule has 106 valence electrons. The van der Waals surface area contributed by atoms with Gasteiger partial charge < -0.3 is 10.6 Å². The Balaban J connectivity index is 1.88. The van der Waals surface area contributed by atoms with Crippen molar-refractivity contribution in [3.05, 3.63) is 46.2 Å². The van der Waals surface area contributed by atoms with Crippen molar-refractivity contribution in [1.82, 2.24) is 10.3 Å². The van der Waals surface area contributed by atoms with Gasteiger partial charge in [-0.1, -0.05) is 23.5 Å². The average Bonchev–Trinajstić information content (AvgIpc) is 2.82. The Bertz CT molecular complexity index is 595. The van der Waals surface area contributed by atoms with Crippen molar-refractivity contribution in [2.24, 2.45) is 0 Å². The van der Waals surface area contributed by atoms with Gasteiger partial charge in [0.25, 0.3) is 5.91 Å². The second-order valence-corrected chi connectivity index (χ2v) is 5.31. The Morgan fingerprint density at radius 3 is 2.65 bits per heavy atom. The summed E-state index contributed by atoms with van der Waals surface area (Å²) in [4.78, 5) is 16.9. The fourth-order valence-electron chi connectivity index (χ4n) is 1.77. The Morgan fingerprint density at radius 1 is 1.35 bits per heavy atom. The lowest BCUT2D eigenvalue weighted by Crippen LogP contribution is -2.25. The number of anilines is 1. The molecule has 0 bridgehead atoms. The average molecular weight is 293 g/mol. The van der Waals surface area contributed by atoms with Crippen molar-refractivity contribution in [3.8, 4) is 0 Å². The lowest BCUT2D eigenvalue weighted by molar-refractivity contribution is 0.0957. The minimum absolute atomic E-state index is 0.122. The molecule has 2 aromatic rings. The number of rotatable bonds is 5. The molecule has 1 heterocycles. The molecular formula is C14H16FN3OS. The number of amides is 1. The molecule has 2 rings (SSSR count). The quantitative estimate of drug-likeness (QED) is 0.891. The highest BCUT2D eigenvalue weighted by Crippen LogP contribution is 2.21. The lowest BCUT2D eigenvalue weighted by Gasteiger charge is -2.04. The first kappa shape index (κ1) is 14.5. The molecule has 1 aromatic carbocycles. The van der Waals surface area contributed by atoms with Gasteiger partial charge in [-0.25, -0.2) is 9.37 Å². The number of aromatic nitrogens is 1. The van der Waals surface area contributed by atoms with Gasteiger partial charge in [0.1, 0.15) is 10.7 Å². The Hall–Kier alpha value is -1.95. The van der Waals surface area contributed by atoms with Crippen molar-refractivity contribution in [2.75, 3.05) is 18.9 Å². The Labute approximate surface area is 121 Å². The van der Waals surface area contributed by atoms with Gasteiger partial charge in [0.15, 0.2) is 5.13 Å². The number of carbonyl (C=O) groups excluding carboxylic acids is 1. The number of hydrogen-bond donors (Lipinski definition) is 2. The molecule has 20 heavy (non-hydrogen) atoms. The maximum absolute atomic E-state index is 12.8. The van der Waals surface area contributed by atoms with Crippen LogP contribution in [0.5, 0.6) is 0 Å². The van der Waals surface area contributed by atoms with Crippen molar-refractivity contribution >= 4 is 22.4 Å². The molecule has 0 aliphatic carbocycles. The van der Waals surface area contributed by atoms with Gasteiger partial charge >= 0.3 is 0 Å². The van der Waals surface area contributed by atoms with Crippen LogP contribution in [0.1, 0.15) is 20.9 Å². The number of nitrogens with zero attached hydrogens (tertiary/aromatic N) is 1. The lowest BCUT2D eigenvalue weighted by atomic mass is 10.1. The zero-order valence-electron chi connectivity index (χ0n) is 11.4. The van der Waals surface area contributed by atoms with Gasteiger partial charge in [-0.05, 0) is 31.0 Å². The summed E-state index contributed by atoms with van der Waals surface area (Å²) in [5.41, 5.74) is 1.71. The molecule has 4 nitrogen and oxygen atoms in total. The molecular weight excluding hydrogens is 277 g/mol. The highest BCUT2D eigenvalue weighted by molar-refractivity contribution is 7.17. The van der Waals surface area contributed by atoms with E-state index in [4.69, 9.17) is 0 Å². The molecule has 1 aromatic heterocycles. The summed E-state index contributed by atoms with van der Waals surface area (Å²) in [7, 11) is 1.77. The second-order valence-electron chi connectivity index (χ2n) is 4.32. The van der Waals surface area contributed by atoms with E-state index in [-0.39, 0.29) is 11.7 Å². The van der Waals surface area contributed by atoms with Crippen LogP contribution in [0.25, 0.3) is 0 Å². The fourth-order valence-corrected chi connectivity index (χ4v) is 2.60. The van der Waals surface area contributed by atoms with Gasteiger partial charge in [-0.2, -0.15) is 0 Å². The summed E-state index contributed by atoms with van der Waals surface area (Å²) in [6.45, 7) is 2.32. The molecule has 0 unspecified atom stereocenters. The number of aryl methyl sites for hydroxylation is 1. The molecule has 0 saturated heterocycles. The van der Waals surface area contributed by atoms with Crippen LogP contribution in [0.2, 0.25) is 0 Å². The maximum Gasteiger partial charge on any atom is 0.263 e. The third-order valence-corrected chi connectivity index (χ3v) is 4.00. The molecule has 0 saturated carbocycles. The molecule has 6 heteroatoms. The predicted molar refractivity (Wildman–Crippen MR) is 78.8 cm³/mol. The standard InChI is InChI=1S/C14H16FN3OS/c1-9-12(20-14(16-2)18-9)13(19)17-8-7-10-3-5-11(15)6-4-10/h3-6H,7-8H2,1-2H3,(H,16,18)(H,17,19). The van der Waals surface area contributed by atoms with Crippen molar-refractivity contribution in [2.45, 2.75) is 13.3 Å². The van der Waals surface area contributed by atoms with E-state index in [1.165, 1.54) is 23.5 Å². The van der Waals surface area contributed by atoms with Crippen LogP contribution < -0.4 is 10.6 Å². The molecule has 0 fully saturated rings. The molecule has 0 spiro atoms. The first-order valence-corrected chi connectivity index (χ1v) is 7.09. The number of hydrogen-bond acceptors (Lipinski definition) is 4. The van der Waals surface area contributed by atoms with E-state index in [0.717, 1.165) is 16.4 Å². The van der Waals surface area contributed by atoms with Crippen molar-refractivity contribution in [3.63, 3.8) is 0 Å². The first-order valence-electron chi connectivity index (χ1n) is 6.28. The van der Waals surface area contributed by atoms with Crippen LogP contribution in [0.3, 0.4) is 0 Å². The monoisotopic (exact) mass is 293 g/mol. The van der Waals surface area contributed by atoms with Crippen LogP contribution in [0.15, 0.2) is 24.3 Å². The summed E-state index contributed by atoms with van der Waals surface area (Å²) in [5.74, 6) is -0.374. The summed E-state index contributed by atoms with van der Waals surface area (Å²) in [5, 5.41) is 6.50. The molecule has 1 amide bonds. The van der Waals surface area contributed by atoms with Gasteiger partial charge in [0.05, 0.1) is 5.69 Å². The van der Waals surface area contributed by atoms with Crippen LogP contribution in [-0.2, 0) is 6.42 Å². The van der Waals surface area contributed by atoms with Gasteiger partial charge in [0.2, 0.25) is 0 Å². The second kappa shape index (κ2) is 6.47. The van der Waals surface area contributed by atoms with Crippen LogP contribution in [0.4, 0.5) is 9.52 Å². The van der Waals surface area contributed by atoms with E-state index >= 15 is 0 Å². The third-order valence-electron chi connectivity index (χ3n) is 2.83. The maximum atomic E-state index is 12.8. The largest absolute Gasteiger partial charge is 0.365 e. The summed E-state index contributed by atoms with van der Waals surface area (Å²) in [6, 6.07) is 6.28. The zero-order valence-corrected chi connectivity index (χ0v) is 12.2. The molecule has 0 atom stereocenters. The topological polar surface area (TPSA) is 54.0 Å². The van der Waals surface area contributed by atoms with E-state index in [2.05, 4.69) is 15.6 Å². The predicted octanol–water partition coefficient (Wildman–Crippen LogP) is 2.60. The van der Waals surface area contributed by atoms with Crippen LogP contribution >= 0.6 is 11.3 Å². The normalized spacial score (nSPS) is 10.3. The summed E-state index contributed by atoms with van der Waals surface area (Å²) in [6.07, 6.45) is 0.669. The minimum Gasteiger partial charge on any atom is -0.365 e. The fraction of sp³-hybridized carbons (Fsp3) is 0.286. The number of carbonyl (C=O) groups is 1. The van der Waals surface area contributed by atoms with E-state index in [0.29, 0.717) is 17.8 Å². The van der Waals surface area contributed by atoms with E-state index in [1.807, 2.05) is 6.92 Å². The van der Waals surface area contributed by atoms with Gasteiger partial charge in [-0.15, -0.1) is 0 Å². The molecule has 0 aliphatic heterocycles. The zero-order chi connectivity index (χ0) is 14.5. The smallest absolute Gasteiger partial charge is 0.263 e. The summed E-state index contributed by atoms with van der Waals surface area (Å²) < 4.78 is 12.8. The first-order chi connectivity index (χ1) is 9.60. The highest BCUT2D eigenvalue weighted by Gasteiger charge is 2.14.